The van der Waals surface area contributed by atoms with Crippen LogP contribution in [0.4, 0.5) is 4.79 Å². The van der Waals surface area contributed by atoms with Gasteiger partial charge >= 0.3 is 6.09 Å². The fourth-order valence-electron chi connectivity index (χ4n) is 1.66. The summed E-state index contributed by atoms with van der Waals surface area (Å²) in [4.78, 5) is 10.4. The van der Waals surface area contributed by atoms with Crippen molar-refractivity contribution in [3.8, 4) is 0 Å². The lowest BCUT2D eigenvalue weighted by molar-refractivity contribution is 0.191. The highest BCUT2D eigenvalue weighted by Gasteiger charge is 2.15. The quantitative estimate of drug-likeness (QED) is 0.662. The van der Waals surface area contributed by atoms with E-state index in [0.717, 1.165) is 6.42 Å². The van der Waals surface area contributed by atoms with Gasteiger partial charge in [-0.05, 0) is 18.3 Å². The number of carbonyl (C=O) groups is 1. The molecule has 3 N–H and O–H groups in total. The summed E-state index contributed by atoms with van der Waals surface area (Å²) in [6.07, 6.45) is 0.561. The van der Waals surface area contributed by atoms with Gasteiger partial charge in [-0.1, -0.05) is 19.1 Å². The molecule has 1 aromatic heterocycles. The SMILES string of the molecule is CC(C)CC(CNC(=O)O)Cc1nn[nH]n1. The van der Waals surface area contributed by atoms with Gasteiger partial charge in [-0.3, -0.25) is 0 Å². The van der Waals surface area contributed by atoms with E-state index in [2.05, 4.69) is 39.8 Å². The van der Waals surface area contributed by atoms with E-state index in [1.54, 1.807) is 0 Å². The first-order chi connectivity index (χ1) is 7.58. The van der Waals surface area contributed by atoms with Gasteiger partial charge in [0.25, 0.3) is 0 Å². The Hall–Kier alpha value is -1.66. The molecule has 1 aromatic rings. The summed E-state index contributed by atoms with van der Waals surface area (Å²) in [6, 6.07) is 0. The monoisotopic (exact) mass is 227 g/mol. The molecule has 90 valence electrons. The van der Waals surface area contributed by atoms with Crippen LogP contribution in [0.1, 0.15) is 26.1 Å². The minimum Gasteiger partial charge on any atom is -0.465 e. The Morgan fingerprint density at radius 3 is 2.81 bits per heavy atom. The maximum atomic E-state index is 10.4. The second-order valence-corrected chi connectivity index (χ2v) is 4.21. The van der Waals surface area contributed by atoms with E-state index >= 15 is 0 Å². The van der Waals surface area contributed by atoms with E-state index in [1.165, 1.54) is 0 Å². The molecule has 7 heteroatoms. The highest BCUT2D eigenvalue weighted by Crippen LogP contribution is 2.14. The highest BCUT2D eigenvalue weighted by atomic mass is 16.4. The predicted molar refractivity (Wildman–Crippen MR) is 56.9 cm³/mol. The van der Waals surface area contributed by atoms with E-state index < -0.39 is 6.09 Å². The van der Waals surface area contributed by atoms with Crippen molar-refractivity contribution in [1.82, 2.24) is 25.9 Å². The molecule has 0 aliphatic carbocycles. The van der Waals surface area contributed by atoms with Gasteiger partial charge in [0.1, 0.15) is 0 Å². The summed E-state index contributed by atoms with van der Waals surface area (Å²) in [5, 5.41) is 24.6. The summed E-state index contributed by atoms with van der Waals surface area (Å²) in [5.41, 5.74) is 0. The van der Waals surface area contributed by atoms with E-state index in [9.17, 15) is 4.79 Å². The average molecular weight is 227 g/mol. The number of tetrazole rings is 1. The fraction of sp³-hybridized carbons (Fsp3) is 0.778. The van der Waals surface area contributed by atoms with Crippen LogP contribution < -0.4 is 5.32 Å². The maximum absolute atomic E-state index is 10.4. The summed E-state index contributed by atoms with van der Waals surface area (Å²) in [5.74, 6) is 1.33. The number of hydrogen-bond donors (Lipinski definition) is 3. The van der Waals surface area contributed by atoms with Crippen LogP contribution in [-0.4, -0.2) is 38.4 Å². The van der Waals surface area contributed by atoms with Gasteiger partial charge in [0.15, 0.2) is 5.82 Å². The third-order valence-corrected chi connectivity index (χ3v) is 2.21. The van der Waals surface area contributed by atoms with Crippen LogP contribution >= 0.6 is 0 Å². The lowest BCUT2D eigenvalue weighted by Gasteiger charge is -2.16. The lowest BCUT2D eigenvalue weighted by atomic mass is 9.94. The number of nitrogens with one attached hydrogen (secondary N) is 2. The van der Waals surface area contributed by atoms with Crippen molar-refractivity contribution >= 4 is 6.09 Å². The normalized spacial score (nSPS) is 12.7. The van der Waals surface area contributed by atoms with Crippen LogP contribution in [0.5, 0.6) is 0 Å². The highest BCUT2D eigenvalue weighted by molar-refractivity contribution is 5.64. The largest absolute Gasteiger partial charge is 0.465 e. The minimum atomic E-state index is -0.998. The Bertz CT molecular complexity index is 312. The molecule has 0 spiro atoms. The Kier molecular flexibility index (Phi) is 4.68. The molecule has 0 aliphatic heterocycles. The van der Waals surface area contributed by atoms with Crippen molar-refractivity contribution in [3.05, 3.63) is 5.82 Å². The second-order valence-electron chi connectivity index (χ2n) is 4.21. The minimum absolute atomic E-state index is 0.202. The number of aromatic amines is 1. The first kappa shape index (κ1) is 12.4. The predicted octanol–water partition coefficient (Wildman–Crippen LogP) is 0.672. The molecule has 16 heavy (non-hydrogen) atoms. The molecule has 0 saturated carbocycles. The van der Waals surface area contributed by atoms with Crippen LogP contribution in [0.15, 0.2) is 0 Å². The van der Waals surface area contributed by atoms with E-state index in [1.807, 2.05) is 0 Å². The molecule has 1 rings (SSSR count). The van der Waals surface area contributed by atoms with Crippen molar-refractivity contribution in [1.29, 1.82) is 0 Å². The molecule has 1 atom stereocenters. The third kappa shape index (κ3) is 4.72. The van der Waals surface area contributed by atoms with Crippen LogP contribution in [0.2, 0.25) is 0 Å². The molecule has 0 radical (unpaired) electrons. The Labute approximate surface area is 93.6 Å². The Morgan fingerprint density at radius 1 is 1.56 bits per heavy atom. The van der Waals surface area contributed by atoms with Gasteiger partial charge in [0, 0.05) is 13.0 Å². The molecule has 0 fully saturated rings. The molecular formula is C9H17N5O2. The van der Waals surface area contributed by atoms with Gasteiger partial charge in [0.05, 0.1) is 0 Å². The molecule has 0 bridgehead atoms. The average Bonchev–Trinajstić information content (AvgIpc) is 2.66. The second kappa shape index (κ2) is 6.04. The first-order valence-corrected chi connectivity index (χ1v) is 5.27. The van der Waals surface area contributed by atoms with E-state index in [4.69, 9.17) is 5.11 Å². The maximum Gasteiger partial charge on any atom is 0.404 e. The standard InChI is InChI=1S/C9H17N5O2/c1-6(2)3-7(5-10-9(15)16)4-8-11-13-14-12-8/h6-7,10H,3-5H2,1-2H3,(H,15,16)(H,11,12,13,14). The molecule has 0 aromatic carbocycles. The van der Waals surface area contributed by atoms with Gasteiger partial charge in [-0.25, -0.2) is 4.79 Å². The zero-order valence-corrected chi connectivity index (χ0v) is 9.47. The van der Waals surface area contributed by atoms with Gasteiger partial charge < -0.3 is 10.4 Å². The third-order valence-electron chi connectivity index (χ3n) is 2.21. The summed E-state index contributed by atoms with van der Waals surface area (Å²) in [6.45, 7) is 4.62. The number of aromatic nitrogens is 4. The molecule has 0 aliphatic rings. The zero-order valence-electron chi connectivity index (χ0n) is 9.47. The number of hydrogen-bond acceptors (Lipinski definition) is 4. The van der Waals surface area contributed by atoms with Crippen LogP contribution in [0.25, 0.3) is 0 Å². The number of amides is 1. The van der Waals surface area contributed by atoms with Crippen molar-refractivity contribution in [3.63, 3.8) is 0 Å². The van der Waals surface area contributed by atoms with Crippen molar-refractivity contribution in [2.24, 2.45) is 11.8 Å². The lowest BCUT2D eigenvalue weighted by Crippen LogP contribution is -2.29. The summed E-state index contributed by atoms with van der Waals surface area (Å²) in [7, 11) is 0. The van der Waals surface area contributed by atoms with Gasteiger partial charge in [-0.2, -0.15) is 5.21 Å². The number of nitrogens with zero attached hydrogens (tertiary/aromatic N) is 3. The summed E-state index contributed by atoms with van der Waals surface area (Å²) >= 11 is 0. The van der Waals surface area contributed by atoms with Crippen LogP contribution in [0, 0.1) is 11.8 Å². The molecule has 7 nitrogen and oxygen atoms in total. The van der Waals surface area contributed by atoms with Gasteiger partial charge in [-0.15, -0.1) is 10.2 Å². The zero-order chi connectivity index (χ0) is 12.0. The molecule has 0 saturated heterocycles. The summed E-state index contributed by atoms with van der Waals surface area (Å²) < 4.78 is 0. The molecule has 1 amide bonds. The van der Waals surface area contributed by atoms with E-state index in [0.29, 0.717) is 24.7 Å². The Morgan fingerprint density at radius 2 is 2.31 bits per heavy atom. The number of carboxylic acid groups (broad SMARTS) is 1. The Balaban J connectivity index is 2.46. The first-order valence-electron chi connectivity index (χ1n) is 5.27. The van der Waals surface area contributed by atoms with Gasteiger partial charge in [0.2, 0.25) is 0 Å². The van der Waals surface area contributed by atoms with E-state index in [-0.39, 0.29) is 5.92 Å². The number of rotatable bonds is 6. The van der Waals surface area contributed by atoms with Crippen LogP contribution in [0.3, 0.4) is 0 Å². The molecular weight excluding hydrogens is 210 g/mol. The van der Waals surface area contributed by atoms with Crippen molar-refractivity contribution < 1.29 is 9.90 Å². The molecule has 1 heterocycles. The number of H-pyrrole nitrogens is 1. The van der Waals surface area contributed by atoms with Crippen LogP contribution in [-0.2, 0) is 6.42 Å². The van der Waals surface area contributed by atoms with Crippen molar-refractivity contribution in [2.45, 2.75) is 26.7 Å². The molecule has 1 unspecified atom stereocenters. The van der Waals surface area contributed by atoms with Crippen molar-refractivity contribution in [2.75, 3.05) is 6.54 Å². The topological polar surface area (TPSA) is 104 Å². The fourth-order valence-corrected chi connectivity index (χ4v) is 1.66. The smallest absolute Gasteiger partial charge is 0.404 e.